The topological polar surface area (TPSA) is 51.0 Å². The molecule has 1 aromatic carbocycles. The molecule has 0 fully saturated rings. The normalized spacial score (nSPS) is 12.6. The molecular formula is C13H16FN3O. The summed E-state index contributed by atoms with van der Waals surface area (Å²) in [6.45, 7) is 4.34. The van der Waals surface area contributed by atoms with Crippen LogP contribution in [-0.2, 0) is 13.0 Å². The fourth-order valence-corrected chi connectivity index (χ4v) is 1.76. The van der Waals surface area contributed by atoms with Gasteiger partial charge in [0.2, 0.25) is 5.89 Å². The van der Waals surface area contributed by atoms with E-state index in [1.165, 1.54) is 6.07 Å². The molecule has 2 rings (SSSR count). The van der Waals surface area contributed by atoms with Gasteiger partial charge in [-0.2, -0.15) is 4.98 Å². The maximum atomic E-state index is 13.0. The quantitative estimate of drug-likeness (QED) is 0.883. The third-order valence-corrected chi connectivity index (χ3v) is 2.60. The zero-order chi connectivity index (χ0) is 13.0. The smallest absolute Gasteiger partial charge is 0.240 e. The molecule has 0 saturated carbocycles. The van der Waals surface area contributed by atoms with E-state index < -0.39 is 0 Å². The number of halogens is 1. The van der Waals surface area contributed by atoms with E-state index in [2.05, 4.69) is 15.5 Å². The molecule has 1 aromatic heterocycles. The van der Waals surface area contributed by atoms with Crippen molar-refractivity contribution in [3.63, 3.8) is 0 Å². The number of nitrogens with one attached hydrogen (secondary N) is 1. The Labute approximate surface area is 105 Å². The second-order valence-corrected chi connectivity index (χ2v) is 4.35. The molecule has 0 bridgehead atoms. The molecule has 2 aromatic rings. The Morgan fingerprint density at radius 2 is 2.28 bits per heavy atom. The Hall–Kier alpha value is -1.75. The van der Waals surface area contributed by atoms with Crippen LogP contribution >= 0.6 is 0 Å². The van der Waals surface area contributed by atoms with E-state index in [4.69, 9.17) is 4.52 Å². The lowest BCUT2D eigenvalue weighted by molar-refractivity contribution is 0.356. The Kier molecular flexibility index (Phi) is 4.04. The summed E-state index contributed by atoms with van der Waals surface area (Å²) in [6, 6.07) is 6.84. The van der Waals surface area contributed by atoms with Crippen LogP contribution in [0.3, 0.4) is 0 Å². The molecule has 5 heteroatoms. The van der Waals surface area contributed by atoms with Crippen LogP contribution in [0.5, 0.6) is 0 Å². The first-order chi connectivity index (χ1) is 8.63. The van der Waals surface area contributed by atoms with Crippen molar-refractivity contribution in [1.82, 2.24) is 15.5 Å². The van der Waals surface area contributed by atoms with Crippen LogP contribution < -0.4 is 5.32 Å². The molecule has 0 spiro atoms. The van der Waals surface area contributed by atoms with Crippen molar-refractivity contribution in [2.75, 3.05) is 0 Å². The summed E-state index contributed by atoms with van der Waals surface area (Å²) in [5.41, 5.74) is 0.969. The lowest BCUT2D eigenvalue weighted by Gasteiger charge is -2.12. The molecule has 1 unspecified atom stereocenters. The molecule has 0 radical (unpaired) electrons. The third-order valence-electron chi connectivity index (χ3n) is 2.60. The standard InChI is InChI=1S/C13H16FN3O/c1-9(6-11-4-3-5-12(14)7-11)15-8-13-16-10(2)17-18-13/h3-5,7,9,15H,6,8H2,1-2H3. The Bertz CT molecular complexity index is 512. The molecule has 0 aliphatic carbocycles. The molecule has 4 nitrogen and oxygen atoms in total. The highest BCUT2D eigenvalue weighted by Gasteiger charge is 2.07. The molecule has 0 amide bonds. The van der Waals surface area contributed by atoms with Gasteiger partial charge < -0.3 is 9.84 Å². The minimum atomic E-state index is -0.202. The van der Waals surface area contributed by atoms with Crippen LogP contribution in [0.25, 0.3) is 0 Å². The third kappa shape index (κ3) is 3.63. The summed E-state index contributed by atoms with van der Waals surface area (Å²) in [4.78, 5) is 4.10. The summed E-state index contributed by atoms with van der Waals surface area (Å²) >= 11 is 0. The van der Waals surface area contributed by atoms with Crippen LogP contribution in [0.4, 0.5) is 4.39 Å². The monoisotopic (exact) mass is 249 g/mol. The van der Waals surface area contributed by atoms with Gasteiger partial charge in [-0.25, -0.2) is 4.39 Å². The first kappa shape index (κ1) is 12.7. The number of nitrogens with zero attached hydrogens (tertiary/aromatic N) is 2. The van der Waals surface area contributed by atoms with Gasteiger partial charge in [0.15, 0.2) is 5.82 Å². The van der Waals surface area contributed by atoms with Gasteiger partial charge in [0.1, 0.15) is 5.82 Å². The van der Waals surface area contributed by atoms with Gasteiger partial charge in [-0.3, -0.25) is 0 Å². The second-order valence-electron chi connectivity index (χ2n) is 4.35. The van der Waals surface area contributed by atoms with E-state index >= 15 is 0 Å². The van der Waals surface area contributed by atoms with Gasteiger partial charge in [-0.15, -0.1) is 0 Å². The number of benzene rings is 1. The van der Waals surface area contributed by atoms with Gasteiger partial charge in [-0.1, -0.05) is 17.3 Å². The molecule has 1 N–H and O–H groups in total. The fraction of sp³-hybridized carbons (Fsp3) is 0.385. The Morgan fingerprint density at radius 3 is 2.94 bits per heavy atom. The van der Waals surface area contributed by atoms with E-state index in [1.54, 1.807) is 19.1 Å². The van der Waals surface area contributed by atoms with E-state index in [-0.39, 0.29) is 11.9 Å². The molecule has 18 heavy (non-hydrogen) atoms. The molecule has 1 heterocycles. The van der Waals surface area contributed by atoms with Gasteiger partial charge >= 0.3 is 0 Å². The average molecular weight is 249 g/mol. The maximum Gasteiger partial charge on any atom is 0.240 e. The highest BCUT2D eigenvalue weighted by Crippen LogP contribution is 2.07. The minimum Gasteiger partial charge on any atom is -0.338 e. The second kappa shape index (κ2) is 5.73. The van der Waals surface area contributed by atoms with Crippen LogP contribution in [0.2, 0.25) is 0 Å². The number of aryl methyl sites for hydroxylation is 1. The zero-order valence-electron chi connectivity index (χ0n) is 10.5. The fourth-order valence-electron chi connectivity index (χ4n) is 1.76. The summed E-state index contributed by atoms with van der Waals surface area (Å²) < 4.78 is 18.0. The highest BCUT2D eigenvalue weighted by atomic mass is 19.1. The first-order valence-corrected chi connectivity index (χ1v) is 5.90. The number of hydrogen-bond donors (Lipinski definition) is 1. The predicted molar refractivity (Wildman–Crippen MR) is 65.4 cm³/mol. The van der Waals surface area contributed by atoms with E-state index in [9.17, 15) is 4.39 Å². The first-order valence-electron chi connectivity index (χ1n) is 5.90. The van der Waals surface area contributed by atoms with Gasteiger partial charge in [0.05, 0.1) is 6.54 Å². The lowest BCUT2D eigenvalue weighted by atomic mass is 10.1. The summed E-state index contributed by atoms with van der Waals surface area (Å²) in [5.74, 6) is 0.996. The summed E-state index contributed by atoms with van der Waals surface area (Å²) in [5, 5.41) is 6.98. The van der Waals surface area contributed by atoms with Crippen molar-refractivity contribution in [2.24, 2.45) is 0 Å². The van der Waals surface area contributed by atoms with Gasteiger partial charge in [0, 0.05) is 6.04 Å². The summed E-state index contributed by atoms with van der Waals surface area (Å²) in [6.07, 6.45) is 0.755. The van der Waals surface area contributed by atoms with E-state index in [1.807, 2.05) is 13.0 Å². The number of aromatic nitrogens is 2. The Morgan fingerprint density at radius 1 is 1.44 bits per heavy atom. The van der Waals surface area contributed by atoms with Crippen molar-refractivity contribution >= 4 is 0 Å². The zero-order valence-corrected chi connectivity index (χ0v) is 10.5. The highest BCUT2D eigenvalue weighted by molar-refractivity contribution is 5.17. The number of rotatable bonds is 5. The molecular weight excluding hydrogens is 233 g/mol. The van der Waals surface area contributed by atoms with Crippen molar-refractivity contribution < 1.29 is 8.91 Å². The summed E-state index contributed by atoms with van der Waals surface area (Å²) in [7, 11) is 0. The van der Waals surface area contributed by atoms with Crippen LogP contribution in [0.15, 0.2) is 28.8 Å². The van der Waals surface area contributed by atoms with Crippen molar-refractivity contribution in [3.05, 3.63) is 47.4 Å². The van der Waals surface area contributed by atoms with Crippen molar-refractivity contribution in [1.29, 1.82) is 0 Å². The Balaban J connectivity index is 1.83. The predicted octanol–water partition coefficient (Wildman–Crippen LogP) is 2.24. The largest absolute Gasteiger partial charge is 0.338 e. The molecule has 0 aliphatic rings. The van der Waals surface area contributed by atoms with Crippen molar-refractivity contribution in [3.8, 4) is 0 Å². The van der Waals surface area contributed by atoms with Crippen molar-refractivity contribution in [2.45, 2.75) is 32.9 Å². The SMILES string of the molecule is Cc1noc(CNC(C)Cc2cccc(F)c2)n1. The van der Waals surface area contributed by atoms with Gasteiger partial charge in [0.25, 0.3) is 0 Å². The molecule has 1 atom stereocenters. The lowest BCUT2D eigenvalue weighted by Crippen LogP contribution is -2.27. The maximum absolute atomic E-state index is 13.0. The number of hydrogen-bond acceptors (Lipinski definition) is 4. The average Bonchev–Trinajstić information content (AvgIpc) is 2.73. The minimum absolute atomic E-state index is 0.202. The van der Waals surface area contributed by atoms with E-state index in [0.29, 0.717) is 18.3 Å². The van der Waals surface area contributed by atoms with Crippen LogP contribution in [0.1, 0.15) is 24.2 Å². The van der Waals surface area contributed by atoms with Crippen LogP contribution in [-0.4, -0.2) is 16.2 Å². The van der Waals surface area contributed by atoms with E-state index in [0.717, 1.165) is 12.0 Å². The molecule has 0 saturated heterocycles. The van der Waals surface area contributed by atoms with Crippen LogP contribution in [0, 0.1) is 12.7 Å². The molecule has 96 valence electrons. The molecule has 0 aliphatic heterocycles. The van der Waals surface area contributed by atoms with Gasteiger partial charge in [-0.05, 0) is 38.0 Å².